The van der Waals surface area contributed by atoms with Crippen LogP contribution in [0.4, 0.5) is 0 Å². The van der Waals surface area contributed by atoms with Gasteiger partial charge in [0, 0.05) is 16.4 Å². The van der Waals surface area contributed by atoms with Gasteiger partial charge in [-0.05, 0) is 23.3 Å². The summed E-state index contributed by atoms with van der Waals surface area (Å²) in [6, 6.07) is 25.4. The Kier molecular flexibility index (Phi) is 5.24. The number of hydrogen-bond donors (Lipinski definition) is 0. The largest absolute Gasteiger partial charge is 0.465 e. The normalized spacial score (nSPS) is 11.5. The van der Waals surface area contributed by atoms with Crippen LogP contribution in [0.15, 0.2) is 78.9 Å². The number of methoxy groups -OCH3 is 1. The Bertz CT molecular complexity index is 1260. The third-order valence-corrected chi connectivity index (χ3v) is 5.34. The number of hydrogen-bond acceptors (Lipinski definition) is 3. The fraction of sp³-hybridized carbons (Fsp3) is 0.185. The first-order valence-corrected chi connectivity index (χ1v) is 10.3. The van der Waals surface area contributed by atoms with Gasteiger partial charge in [0.2, 0.25) is 5.91 Å². The third kappa shape index (κ3) is 3.66. The maximum atomic E-state index is 13.7. The molecule has 4 heteroatoms. The Morgan fingerprint density at radius 2 is 1.39 bits per heavy atom. The van der Waals surface area contributed by atoms with Crippen LogP contribution in [0.25, 0.3) is 33.3 Å². The van der Waals surface area contributed by atoms with Crippen molar-refractivity contribution in [2.45, 2.75) is 20.8 Å². The average molecular weight is 412 g/mol. The SMILES string of the molecule is COC(=O)c1ccc2c(-c3ccccc3)c(-c3ccccc3)n(C(=O)C(C)(C)C)c2c1. The van der Waals surface area contributed by atoms with E-state index in [0.29, 0.717) is 11.1 Å². The molecule has 0 aliphatic rings. The molecule has 0 saturated carbocycles. The summed E-state index contributed by atoms with van der Waals surface area (Å²) in [5, 5.41) is 0.912. The molecule has 0 spiro atoms. The first-order chi connectivity index (χ1) is 14.8. The topological polar surface area (TPSA) is 48.3 Å². The molecule has 156 valence electrons. The zero-order valence-electron chi connectivity index (χ0n) is 18.2. The van der Waals surface area contributed by atoms with Crippen LogP contribution in [0.5, 0.6) is 0 Å². The average Bonchev–Trinajstić information content (AvgIpc) is 3.12. The highest BCUT2D eigenvalue weighted by molar-refractivity contribution is 6.12. The lowest BCUT2D eigenvalue weighted by atomic mass is 9.94. The van der Waals surface area contributed by atoms with Crippen molar-refractivity contribution in [1.82, 2.24) is 4.57 Å². The molecule has 0 bridgehead atoms. The number of carbonyl (C=O) groups excluding carboxylic acids is 2. The van der Waals surface area contributed by atoms with E-state index in [4.69, 9.17) is 4.74 Å². The van der Waals surface area contributed by atoms with Crippen molar-refractivity contribution in [1.29, 1.82) is 0 Å². The van der Waals surface area contributed by atoms with Crippen LogP contribution in [-0.4, -0.2) is 23.6 Å². The molecule has 0 aliphatic heterocycles. The van der Waals surface area contributed by atoms with Crippen molar-refractivity contribution in [3.05, 3.63) is 84.4 Å². The fourth-order valence-electron chi connectivity index (χ4n) is 3.85. The molecule has 0 saturated heterocycles. The Morgan fingerprint density at radius 3 is 1.94 bits per heavy atom. The van der Waals surface area contributed by atoms with E-state index >= 15 is 0 Å². The van der Waals surface area contributed by atoms with Crippen molar-refractivity contribution in [3.8, 4) is 22.4 Å². The van der Waals surface area contributed by atoms with E-state index in [-0.39, 0.29) is 5.91 Å². The summed E-state index contributed by atoms with van der Waals surface area (Å²) in [4.78, 5) is 26.0. The van der Waals surface area contributed by atoms with Crippen LogP contribution in [-0.2, 0) is 4.74 Å². The highest BCUT2D eigenvalue weighted by Gasteiger charge is 2.30. The Morgan fingerprint density at radius 1 is 0.806 bits per heavy atom. The minimum Gasteiger partial charge on any atom is -0.465 e. The van der Waals surface area contributed by atoms with Crippen molar-refractivity contribution in [3.63, 3.8) is 0 Å². The van der Waals surface area contributed by atoms with Gasteiger partial charge in [-0.2, -0.15) is 0 Å². The Balaban J connectivity index is 2.19. The summed E-state index contributed by atoms with van der Waals surface area (Å²) in [7, 11) is 1.36. The molecule has 1 aromatic heterocycles. The third-order valence-electron chi connectivity index (χ3n) is 5.34. The van der Waals surface area contributed by atoms with E-state index in [1.165, 1.54) is 7.11 Å². The number of benzene rings is 3. The molecule has 1 heterocycles. The zero-order chi connectivity index (χ0) is 22.2. The Labute approximate surface area is 182 Å². The van der Waals surface area contributed by atoms with Crippen molar-refractivity contribution in [2.75, 3.05) is 7.11 Å². The first kappa shape index (κ1) is 20.6. The standard InChI is InChI=1S/C27H25NO3/c1-27(2,3)26(30)28-22-17-20(25(29)31-4)15-16-21(22)23(18-11-7-5-8-12-18)24(28)19-13-9-6-10-14-19/h5-17H,1-4H3. The van der Waals surface area contributed by atoms with Gasteiger partial charge in [-0.3, -0.25) is 9.36 Å². The van der Waals surface area contributed by atoms with Crippen LogP contribution in [0.2, 0.25) is 0 Å². The molecule has 4 nitrogen and oxygen atoms in total. The van der Waals surface area contributed by atoms with Gasteiger partial charge in [-0.15, -0.1) is 0 Å². The lowest BCUT2D eigenvalue weighted by Crippen LogP contribution is -2.27. The van der Waals surface area contributed by atoms with E-state index in [2.05, 4.69) is 0 Å². The van der Waals surface area contributed by atoms with Crippen molar-refractivity contribution < 1.29 is 14.3 Å². The lowest BCUT2D eigenvalue weighted by Gasteiger charge is -2.21. The van der Waals surface area contributed by atoms with E-state index in [9.17, 15) is 9.59 Å². The molecular formula is C27H25NO3. The second kappa shape index (κ2) is 7.88. The van der Waals surface area contributed by atoms with Crippen LogP contribution < -0.4 is 0 Å². The number of aromatic nitrogens is 1. The molecule has 31 heavy (non-hydrogen) atoms. The van der Waals surface area contributed by atoms with Gasteiger partial charge < -0.3 is 4.74 Å². The molecule has 0 amide bonds. The lowest BCUT2D eigenvalue weighted by molar-refractivity contribution is 0.0600. The summed E-state index contributed by atoms with van der Waals surface area (Å²) in [6.45, 7) is 5.72. The van der Waals surface area contributed by atoms with Gasteiger partial charge in [0.15, 0.2) is 0 Å². The van der Waals surface area contributed by atoms with Gasteiger partial charge in [-0.1, -0.05) is 87.5 Å². The maximum absolute atomic E-state index is 13.7. The van der Waals surface area contributed by atoms with E-state index in [0.717, 1.165) is 27.8 Å². The van der Waals surface area contributed by atoms with Crippen LogP contribution >= 0.6 is 0 Å². The van der Waals surface area contributed by atoms with Crippen LogP contribution in [0, 0.1) is 5.41 Å². The summed E-state index contributed by atoms with van der Waals surface area (Å²) in [5.41, 5.74) is 4.23. The molecule has 0 unspecified atom stereocenters. The molecule has 0 radical (unpaired) electrons. The highest BCUT2D eigenvalue weighted by atomic mass is 16.5. The van der Waals surface area contributed by atoms with Crippen molar-refractivity contribution >= 4 is 22.8 Å². The van der Waals surface area contributed by atoms with Crippen LogP contribution in [0.1, 0.15) is 35.9 Å². The second-order valence-electron chi connectivity index (χ2n) is 8.57. The van der Waals surface area contributed by atoms with Gasteiger partial charge in [0.05, 0.1) is 23.9 Å². The summed E-state index contributed by atoms with van der Waals surface area (Å²) < 4.78 is 6.69. The second-order valence-corrected chi connectivity index (χ2v) is 8.57. The molecule has 0 atom stereocenters. The van der Waals surface area contributed by atoms with E-state index < -0.39 is 11.4 Å². The van der Waals surface area contributed by atoms with Crippen molar-refractivity contribution in [2.24, 2.45) is 5.41 Å². The summed E-state index contributed by atoms with van der Waals surface area (Å²) in [6.07, 6.45) is 0. The fourth-order valence-corrected chi connectivity index (χ4v) is 3.85. The van der Waals surface area contributed by atoms with Gasteiger partial charge in [0.1, 0.15) is 0 Å². The number of esters is 1. The van der Waals surface area contributed by atoms with Crippen LogP contribution in [0.3, 0.4) is 0 Å². The number of carbonyl (C=O) groups is 2. The smallest absolute Gasteiger partial charge is 0.337 e. The molecule has 4 rings (SSSR count). The minimum atomic E-state index is -0.620. The molecular weight excluding hydrogens is 386 g/mol. The van der Waals surface area contributed by atoms with Gasteiger partial charge >= 0.3 is 5.97 Å². The zero-order valence-corrected chi connectivity index (χ0v) is 18.2. The number of ether oxygens (including phenoxy) is 1. The molecule has 4 aromatic rings. The highest BCUT2D eigenvalue weighted by Crippen LogP contribution is 2.42. The first-order valence-electron chi connectivity index (χ1n) is 10.3. The number of rotatable bonds is 3. The predicted octanol–water partition coefficient (Wildman–Crippen LogP) is 6.45. The van der Waals surface area contributed by atoms with Gasteiger partial charge in [0.25, 0.3) is 0 Å². The summed E-state index contributed by atoms with van der Waals surface area (Å²) in [5.74, 6) is -0.471. The number of fused-ring (bicyclic) bond motifs is 1. The minimum absolute atomic E-state index is 0.0412. The van der Waals surface area contributed by atoms with E-state index in [1.807, 2.05) is 87.5 Å². The van der Waals surface area contributed by atoms with Gasteiger partial charge in [-0.25, -0.2) is 4.79 Å². The Hall–Kier alpha value is -3.66. The predicted molar refractivity (Wildman–Crippen MR) is 124 cm³/mol. The molecule has 0 N–H and O–H groups in total. The number of nitrogens with zero attached hydrogens (tertiary/aromatic N) is 1. The molecule has 3 aromatic carbocycles. The van der Waals surface area contributed by atoms with E-state index in [1.54, 1.807) is 16.7 Å². The quantitative estimate of drug-likeness (QED) is 0.364. The molecule has 0 fully saturated rings. The summed E-state index contributed by atoms with van der Waals surface area (Å²) >= 11 is 0. The molecule has 0 aliphatic carbocycles. The monoisotopic (exact) mass is 411 g/mol. The maximum Gasteiger partial charge on any atom is 0.337 e.